The lowest BCUT2D eigenvalue weighted by Gasteiger charge is -2.16. The number of aryl methyl sites for hydroxylation is 1. The molecule has 0 spiro atoms. The number of benzene rings is 1. The first kappa shape index (κ1) is 13.5. The van der Waals surface area contributed by atoms with Crippen molar-refractivity contribution in [3.8, 4) is 0 Å². The number of fused-ring (bicyclic) bond motifs is 1. The Morgan fingerprint density at radius 3 is 3.10 bits per heavy atom. The Kier molecular flexibility index (Phi) is 4.00. The van der Waals surface area contributed by atoms with Gasteiger partial charge in [-0.15, -0.1) is 0 Å². The van der Waals surface area contributed by atoms with Gasteiger partial charge in [-0.1, -0.05) is 18.2 Å². The summed E-state index contributed by atoms with van der Waals surface area (Å²) in [5.41, 5.74) is 5.09. The number of nitrogens with one attached hydrogen (secondary N) is 1. The number of para-hydroxylation sites is 1. The molecule has 2 atom stereocenters. The average molecular weight is 274 g/mol. The Morgan fingerprint density at radius 2 is 2.35 bits per heavy atom. The molecule has 0 aliphatic carbocycles. The van der Waals surface area contributed by atoms with Gasteiger partial charge in [0, 0.05) is 19.0 Å². The second-order valence-electron chi connectivity index (χ2n) is 5.46. The maximum Gasteiger partial charge on any atom is 0.0886 e. The number of hydrogen-bond acceptors (Lipinski definition) is 4. The fourth-order valence-electron chi connectivity index (χ4n) is 3.02. The van der Waals surface area contributed by atoms with Crippen LogP contribution in [0.3, 0.4) is 0 Å². The molecule has 0 radical (unpaired) electrons. The predicted molar refractivity (Wildman–Crippen MR) is 79.0 cm³/mol. The van der Waals surface area contributed by atoms with Crippen molar-refractivity contribution in [3.05, 3.63) is 30.0 Å². The number of hydrogen-bond donors (Lipinski definition) is 2. The average Bonchev–Trinajstić information content (AvgIpc) is 3.09. The van der Waals surface area contributed by atoms with Crippen LogP contribution >= 0.6 is 0 Å². The van der Waals surface area contributed by atoms with E-state index in [1.165, 1.54) is 18.2 Å². The maximum atomic E-state index is 5.75. The van der Waals surface area contributed by atoms with Gasteiger partial charge < -0.3 is 4.74 Å². The van der Waals surface area contributed by atoms with Gasteiger partial charge in [0.25, 0.3) is 0 Å². The summed E-state index contributed by atoms with van der Waals surface area (Å²) in [6.07, 6.45) is 4.71. The first-order valence-corrected chi connectivity index (χ1v) is 7.29. The Labute approximate surface area is 119 Å². The van der Waals surface area contributed by atoms with Crippen LogP contribution < -0.4 is 11.3 Å². The van der Waals surface area contributed by atoms with Crippen molar-refractivity contribution < 1.29 is 4.74 Å². The molecule has 0 saturated carbocycles. The summed E-state index contributed by atoms with van der Waals surface area (Å²) in [7, 11) is 1.97. The monoisotopic (exact) mass is 274 g/mol. The Morgan fingerprint density at radius 1 is 1.50 bits per heavy atom. The van der Waals surface area contributed by atoms with Crippen LogP contribution in [0.25, 0.3) is 10.9 Å². The van der Waals surface area contributed by atoms with Crippen molar-refractivity contribution in [3.63, 3.8) is 0 Å². The zero-order valence-electron chi connectivity index (χ0n) is 11.9. The van der Waals surface area contributed by atoms with E-state index in [0.29, 0.717) is 6.10 Å². The third-order valence-corrected chi connectivity index (χ3v) is 4.12. The number of hydrazine groups is 1. The molecule has 20 heavy (non-hydrogen) atoms. The van der Waals surface area contributed by atoms with Crippen LogP contribution in [0.5, 0.6) is 0 Å². The molecule has 3 rings (SSSR count). The van der Waals surface area contributed by atoms with Crippen LogP contribution in [-0.4, -0.2) is 22.5 Å². The summed E-state index contributed by atoms with van der Waals surface area (Å²) in [4.78, 5) is 0. The molecule has 5 heteroatoms. The van der Waals surface area contributed by atoms with Crippen LogP contribution in [0.2, 0.25) is 0 Å². The molecule has 0 bridgehead atoms. The quantitative estimate of drug-likeness (QED) is 0.647. The normalized spacial score (nSPS) is 20.6. The van der Waals surface area contributed by atoms with Crippen molar-refractivity contribution in [1.29, 1.82) is 0 Å². The number of rotatable bonds is 5. The van der Waals surface area contributed by atoms with E-state index in [1.54, 1.807) is 0 Å². The van der Waals surface area contributed by atoms with Crippen molar-refractivity contribution in [2.45, 2.75) is 37.8 Å². The second kappa shape index (κ2) is 5.91. The lowest BCUT2D eigenvalue weighted by Crippen LogP contribution is -2.29. The van der Waals surface area contributed by atoms with Gasteiger partial charge in [0.05, 0.1) is 23.4 Å². The summed E-state index contributed by atoms with van der Waals surface area (Å²) in [6.45, 7) is 0.901. The molecule has 1 aliphatic heterocycles. The van der Waals surface area contributed by atoms with E-state index in [0.717, 1.165) is 30.7 Å². The standard InChI is InChI=1S/C15H22N4O/c1-19-14-7-3-2-6-12(14)15(18-19)13(17-16)9-8-11-5-4-10-20-11/h2-3,6-7,11,13,17H,4-5,8-10,16H2,1H3. The first-order chi connectivity index (χ1) is 9.79. The molecule has 108 valence electrons. The molecule has 5 nitrogen and oxygen atoms in total. The van der Waals surface area contributed by atoms with Crippen LogP contribution in [-0.2, 0) is 11.8 Å². The molecule has 1 saturated heterocycles. The van der Waals surface area contributed by atoms with Crippen LogP contribution in [0.15, 0.2) is 24.3 Å². The van der Waals surface area contributed by atoms with E-state index < -0.39 is 0 Å². The largest absolute Gasteiger partial charge is 0.378 e. The summed E-state index contributed by atoms with van der Waals surface area (Å²) in [5, 5.41) is 5.81. The fourth-order valence-corrected chi connectivity index (χ4v) is 3.02. The molecule has 2 aromatic rings. The number of nitrogens with two attached hydrogens (primary N) is 1. The van der Waals surface area contributed by atoms with Gasteiger partial charge in [-0.05, 0) is 31.7 Å². The van der Waals surface area contributed by atoms with Gasteiger partial charge >= 0.3 is 0 Å². The molecule has 1 aromatic carbocycles. The highest BCUT2D eigenvalue weighted by Crippen LogP contribution is 2.27. The molecule has 2 heterocycles. The number of ether oxygens (including phenoxy) is 1. The van der Waals surface area contributed by atoms with Gasteiger partial charge in [-0.3, -0.25) is 16.0 Å². The van der Waals surface area contributed by atoms with E-state index in [2.05, 4.69) is 22.7 Å². The van der Waals surface area contributed by atoms with Gasteiger partial charge in [0.15, 0.2) is 0 Å². The Balaban J connectivity index is 1.79. The van der Waals surface area contributed by atoms with Crippen molar-refractivity contribution in [1.82, 2.24) is 15.2 Å². The minimum absolute atomic E-state index is 0.0744. The molecule has 1 fully saturated rings. The summed E-state index contributed by atoms with van der Waals surface area (Å²) in [5.74, 6) is 5.75. The van der Waals surface area contributed by atoms with E-state index in [9.17, 15) is 0 Å². The molecule has 3 N–H and O–H groups in total. The highest BCUT2D eigenvalue weighted by molar-refractivity contribution is 5.82. The van der Waals surface area contributed by atoms with E-state index in [1.807, 2.05) is 23.9 Å². The predicted octanol–water partition coefficient (Wildman–Crippen LogP) is 2.04. The molecular formula is C15H22N4O. The lowest BCUT2D eigenvalue weighted by atomic mass is 10.0. The summed E-state index contributed by atoms with van der Waals surface area (Å²) >= 11 is 0. The van der Waals surface area contributed by atoms with Crippen molar-refractivity contribution >= 4 is 10.9 Å². The third-order valence-electron chi connectivity index (χ3n) is 4.12. The summed E-state index contributed by atoms with van der Waals surface area (Å²) < 4.78 is 7.60. The Hall–Kier alpha value is -1.43. The van der Waals surface area contributed by atoms with E-state index in [-0.39, 0.29) is 6.04 Å². The van der Waals surface area contributed by atoms with Gasteiger partial charge in [0.1, 0.15) is 0 Å². The zero-order chi connectivity index (χ0) is 13.9. The fraction of sp³-hybridized carbons (Fsp3) is 0.533. The van der Waals surface area contributed by atoms with Gasteiger partial charge in [0.2, 0.25) is 0 Å². The minimum Gasteiger partial charge on any atom is -0.378 e. The van der Waals surface area contributed by atoms with Gasteiger partial charge in [-0.2, -0.15) is 5.10 Å². The third kappa shape index (κ3) is 2.57. The molecule has 1 aliphatic rings. The molecule has 1 aromatic heterocycles. The maximum absolute atomic E-state index is 5.75. The molecule has 2 unspecified atom stereocenters. The smallest absolute Gasteiger partial charge is 0.0886 e. The lowest BCUT2D eigenvalue weighted by molar-refractivity contribution is 0.0995. The molecular weight excluding hydrogens is 252 g/mol. The topological polar surface area (TPSA) is 65.1 Å². The molecule has 0 amide bonds. The number of nitrogens with zero attached hydrogens (tertiary/aromatic N) is 2. The highest BCUT2D eigenvalue weighted by Gasteiger charge is 2.21. The van der Waals surface area contributed by atoms with E-state index in [4.69, 9.17) is 10.6 Å². The zero-order valence-corrected chi connectivity index (χ0v) is 11.9. The van der Waals surface area contributed by atoms with Crippen molar-refractivity contribution in [2.24, 2.45) is 12.9 Å². The van der Waals surface area contributed by atoms with Crippen LogP contribution in [0.4, 0.5) is 0 Å². The van der Waals surface area contributed by atoms with Crippen LogP contribution in [0, 0.1) is 0 Å². The Bertz CT molecular complexity index is 574. The van der Waals surface area contributed by atoms with Crippen LogP contribution in [0.1, 0.15) is 37.4 Å². The minimum atomic E-state index is 0.0744. The number of aromatic nitrogens is 2. The second-order valence-corrected chi connectivity index (χ2v) is 5.46. The highest BCUT2D eigenvalue weighted by atomic mass is 16.5. The SMILES string of the molecule is Cn1nc(C(CCC2CCCO2)NN)c2ccccc21. The van der Waals surface area contributed by atoms with E-state index >= 15 is 0 Å². The first-order valence-electron chi connectivity index (χ1n) is 7.29. The summed E-state index contributed by atoms with van der Waals surface area (Å²) in [6, 6.07) is 8.34. The van der Waals surface area contributed by atoms with Crippen molar-refractivity contribution in [2.75, 3.05) is 6.61 Å². The van der Waals surface area contributed by atoms with Gasteiger partial charge in [-0.25, -0.2) is 0 Å².